The summed E-state index contributed by atoms with van der Waals surface area (Å²) < 4.78 is 39.7. The van der Waals surface area contributed by atoms with Crippen molar-refractivity contribution in [2.24, 2.45) is 0 Å². The van der Waals surface area contributed by atoms with Crippen LogP contribution in [0.15, 0.2) is 48.5 Å². The number of fused-ring (bicyclic) bond motifs is 1. The second kappa shape index (κ2) is 8.25. The lowest BCUT2D eigenvalue weighted by Gasteiger charge is -2.32. The van der Waals surface area contributed by atoms with Crippen molar-refractivity contribution in [1.29, 1.82) is 0 Å². The second-order valence-electron chi connectivity index (χ2n) is 7.19. The third-order valence-corrected chi connectivity index (χ3v) is 5.38. The van der Waals surface area contributed by atoms with E-state index in [1.807, 2.05) is 6.07 Å². The van der Waals surface area contributed by atoms with Crippen molar-refractivity contribution in [3.05, 3.63) is 59.7 Å². The minimum atomic E-state index is -2.61. The van der Waals surface area contributed by atoms with Gasteiger partial charge in [-0.05, 0) is 36.2 Å². The summed E-state index contributed by atoms with van der Waals surface area (Å²) >= 11 is 0. The molecule has 2 aromatic carbocycles. The summed E-state index contributed by atoms with van der Waals surface area (Å²) in [6.07, 6.45) is -2.47. The number of aromatic carboxylic acids is 1. The molecule has 0 amide bonds. The van der Waals surface area contributed by atoms with E-state index in [0.29, 0.717) is 28.6 Å². The normalized spacial score (nSPS) is 17.7. The first-order chi connectivity index (χ1) is 14.9. The van der Waals surface area contributed by atoms with E-state index in [1.165, 1.54) is 31.0 Å². The maximum atomic E-state index is 13.9. The van der Waals surface area contributed by atoms with E-state index in [4.69, 9.17) is 14.6 Å². The van der Waals surface area contributed by atoms with Crippen LogP contribution in [0, 0.1) is 0 Å². The number of benzene rings is 2. The number of aromatic nitrogens is 2. The minimum absolute atomic E-state index is 0.138. The van der Waals surface area contributed by atoms with E-state index in [2.05, 4.69) is 10.4 Å². The summed E-state index contributed by atoms with van der Waals surface area (Å²) in [7, 11) is 3.06. The van der Waals surface area contributed by atoms with Crippen LogP contribution < -0.4 is 14.8 Å². The van der Waals surface area contributed by atoms with E-state index in [-0.39, 0.29) is 18.0 Å². The molecular formula is C22H21F2N3O4. The number of hydrogen-bond acceptors (Lipinski definition) is 5. The predicted octanol–water partition coefficient (Wildman–Crippen LogP) is 4.63. The van der Waals surface area contributed by atoms with Crippen molar-refractivity contribution in [2.75, 3.05) is 19.5 Å². The molecule has 0 spiro atoms. The zero-order chi connectivity index (χ0) is 22.1. The molecule has 1 aromatic heterocycles. The number of methoxy groups -OCH3 is 2. The second-order valence-corrected chi connectivity index (χ2v) is 7.19. The van der Waals surface area contributed by atoms with Crippen LogP contribution in [0.3, 0.4) is 0 Å². The van der Waals surface area contributed by atoms with E-state index >= 15 is 0 Å². The molecule has 2 unspecified atom stereocenters. The Labute approximate surface area is 177 Å². The standard InChI is InChI=1S/C22H21F2N3O4/c1-30-18-8-7-14(9-19(18)31-2)15-10-17(21(23)24)27-20(25-15)11-16(26-27)12-3-5-13(6-4-12)22(28)29/h3-9,11,15,17,21,25H,10H2,1-2H3,(H,28,29). The van der Waals surface area contributed by atoms with Crippen molar-refractivity contribution in [2.45, 2.75) is 24.9 Å². The largest absolute Gasteiger partial charge is 0.493 e. The van der Waals surface area contributed by atoms with Crippen molar-refractivity contribution in [3.8, 4) is 22.8 Å². The topological polar surface area (TPSA) is 85.6 Å². The van der Waals surface area contributed by atoms with E-state index in [1.54, 1.807) is 30.3 Å². The van der Waals surface area contributed by atoms with Gasteiger partial charge in [-0.2, -0.15) is 5.10 Å². The molecule has 2 N–H and O–H groups in total. The van der Waals surface area contributed by atoms with Gasteiger partial charge in [0.05, 0.1) is 31.5 Å². The number of carboxylic acids is 1. The highest BCUT2D eigenvalue weighted by atomic mass is 19.3. The highest BCUT2D eigenvalue weighted by molar-refractivity contribution is 5.88. The van der Waals surface area contributed by atoms with E-state index < -0.39 is 18.4 Å². The van der Waals surface area contributed by atoms with Crippen LogP contribution in [0.1, 0.15) is 34.4 Å². The van der Waals surface area contributed by atoms with Gasteiger partial charge in [0.15, 0.2) is 11.5 Å². The number of nitrogens with zero attached hydrogens (tertiary/aromatic N) is 2. The molecule has 3 aromatic rings. The van der Waals surface area contributed by atoms with Crippen LogP contribution in [-0.4, -0.2) is 41.5 Å². The summed E-state index contributed by atoms with van der Waals surface area (Å²) in [6, 6.07) is 11.7. The quantitative estimate of drug-likeness (QED) is 0.594. The number of carbonyl (C=O) groups is 1. The molecule has 0 radical (unpaired) electrons. The number of nitrogens with one attached hydrogen (secondary N) is 1. The van der Waals surface area contributed by atoms with Crippen LogP contribution in [-0.2, 0) is 0 Å². The Kier molecular flexibility index (Phi) is 5.50. The lowest BCUT2D eigenvalue weighted by Crippen LogP contribution is -2.30. The van der Waals surface area contributed by atoms with Crippen LogP contribution in [0.2, 0.25) is 0 Å². The zero-order valence-electron chi connectivity index (χ0n) is 16.9. The number of rotatable bonds is 6. The Hall–Kier alpha value is -3.62. The van der Waals surface area contributed by atoms with Gasteiger partial charge in [-0.3, -0.25) is 0 Å². The van der Waals surface area contributed by atoms with Gasteiger partial charge >= 0.3 is 5.97 Å². The van der Waals surface area contributed by atoms with Gasteiger partial charge in [0.2, 0.25) is 0 Å². The summed E-state index contributed by atoms with van der Waals surface area (Å²) in [5.74, 6) is 0.514. The van der Waals surface area contributed by atoms with Gasteiger partial charge in [0.1, 0.15) is 11.9 Å². The Bertz CT molecular complexity index is 1100. The van der Waals surface area contributed by atoms with Crippen molar-refractivity contribution < 1.29 is 28.2 Å². The molecule has 162 valence electrons. The molecule has 0 saturated heterocycles. The molecular weight excluding hydrogens is 408 g/mol. The molecule has 7 nitrogen and oxygen atoms in total. The average Bonchev–Trinajstić information content (AvgIpc) is 3.22. The molecule has 31 heavy (non-hydrogen) atoms. The van der Waals surface area contributed by atoms with Gasteiger partial charge in [-0.15, -0.1) is 0 Å². The third-order valence-electron chi connectivity index (χ3n) is 5.38. The van der Waals surface area contributed by atoms with Gasteiger partial charge in [0.25, 0.3) is 6.43 Å². The maximum absolute atomic E-state index is 13.9. The fourth-order valence-electron chi connectivity index (χ4n) is 3.76. The maximum Gasteiger partial charge on any atom is 0.335 e. The number of ether oxygens (including phenoxy) is 2. The van der Waals surface area contributed by atoms with Crippen LogP contribution in [0.4, 0.5) is 14.6 Å². The van der Waals surface area contributed by atoms with Gasteiger partial charge < -0.3 is 19.9 Å². The van der Waals surface area contributed by atoms with E-state index in [0.717, 1.165) is 5.56 Å². The first kappa shape index (κ1) is 20.6. The minimum Gasteiger partial charge on any atom is -0.493 e. The average molecular weight is 429 g/mol. The Morgan fingerprint density at radius 3 is 2.45 bits per heavy atom. The van der Waals surface area contributed by atoms with Crippen LogP contribution in [0.5, 0.6) is 11.5 Å². The number of hydrogen-bond donors (Lipinski definition) is 2. The highest BCUT2D eigenvalue weighted by Gasteiger charge is 2.35. The Morgan fingerprint density at radius 2 is 1.84 bits per heavy atom. The highest BCUT2D eigenvalue weighted by Crippen LogP contribution is 2.41. The molecule has 0 saturated carbocycles. The SMILES string of the molecule is COc1ccc(C2CC(C(F)F)n3nc(-c4ccc(C(=O)O)cc4)cc3N2)cc1OC. The molecule has 1 aliphatic rings. The van der Waals surface area contributed by atoms with Crippen LogP contribution in [0.25, 0.3) is 11.3 Å². The lowest BCUT2D eigenvalue weighted by molar-refractivity contribution is 0.0658. The molecule has 9 heteroatoms. The summed E-state index contributed by atoms with van der Waals surface area (Å²) in [5, 5.41) is 16.7. The summed E-state index contributed by atoms with van der Waals surface area (Å²) in [4.78, 5) is 11.1. The molecule has 4 rings (SSSR count). The van der Waals surface area contributed by atoms with Gasteiger partial charge in [-0.1, -0.05) is 18.2 Å². The molecule has 2 heterocycles. The number of alkyl halides is 2. The number of halogens is 2. The lowest BCUT2D eigenvalue weighted by atomic mass is 9.97. The van der Waals surface area contributed by atoms with E-state index in [9.17, 15) is 13.6 Å². The first-order valence-corrected chi connectivity index (χ1v) is 9.61. The summed E-state index contributed by atoms with van der Waals surface area (Å²) in [5.41, 5.74) is 2.07. The van der Waals surface area contributed by atoms with Crippen molar-refractivity contribution in [3.63, 3.8) is 0 Å². The van der Waals surface area contributed by atoms with Crippen molar-refractivity contribution in [1.82, 2.24) is 9.78 Å². The van der Waals surface area contributed by atoms with Crippen LogP contribution >= 0.6 is 0 Å². The first-order valence-electron chi connectivity index (χ1n) is 9.61. The number of carboxylic acid groups (broad SMARTS) is 1. The monoisotopic (exact) mass is 429 g/mol. The molecule has 0 bridgehead atoms. The predicted molar refractivity (Wildman–Crippen MR) is 110 cm³/mol. The van der Waals surface area contributed by atoms with Gasteiger partial charge in [-0.25, -0.2) is 18.3 Å². The third kappa shape index (κ3) is 3.90. The Balaban J connectivity index is 1.68. The molecule has 2 atom stereocenters. The Morgan fingerprint density at radius 1 is 1.13 bits per heavy atom. The number of anilines is 1. The van der Waals surface area contributed by atoms with Crippen molar-refractivity contribution >= 4 is 11.8 Å². The molecule has 0 aliphatic carbocycles. The zero-order valence-corrected chi connectivity index (χ0v) is 16.9. The molecule has 0 fully saturated rings. The summed E-state index contributed by atoms with van der Waals surface area (Å²) in [6.45, 7) is 0. The smallest absolute Gasteiger partial charge is 0.335 e. The van der Waals surface area contributed by atoms with Gasteiger partial charge in [0, 0.05) is 11.6 Å². The fourth-order valence-corrected chi connectivity index (χ4v) is 3.76. The molecule has 1 aliphatic heterocycles. The fraction of sp³-hybridized carbons (Fsp3) is 0.273.